The van der Waals surface area contributed by atoms with Crippen molar-refractivity contribution in [1.82, 2.24) is 4.98 Å². The Hall–Kier alpha value is -2.37. The Morgan fingerprint density at radius 2 is 1.85 bits per heavy atom. The van der Waals surface area contributed by atoms with Gasteiger partial charge in [0.25, 0.3) is 5.91 Å². The molecule has 3 aromatic rings. The van der Waals surface area contributed by atoms with Crippen molar-refractivity contribution in [3.8, 4) is 17.0 Å². The molecule has 0 bridgehead atoms. The zero-order valence-corrected chi connectivity index (χ0v) is 17.0. The molecule has 0 aliphatic rings. The summed E-state index contributed by atoms with van der Waals surface area (Å²) in [6, 6.07) is 15.2. The van der Waals surface area contributed by atoms with Gasteiger partial charge in [-0.05, 0) is 29.2 Å². The Bertz CT molecular complexity index is 930. The molecule has 0 unspecified atom stereocenters. The van der Waals surface area contributed by atoms with Gasteiger partial charge in [0, 0.05) is 16.0 Å². The second kappa shape index (κ2) is 8.11. The largest absolute Gasteiger partial charge is 0.483 e. The van der Waals surface area contributed by atoms with E-state index in [0.717, 1.165) is 22.6 Å². The van der Waals surface area contributed by atoms with Crippen LogP contribution in [0.2, 0.25) is 5.02 Å². The molecular weight excluding hydrogens is 380 g/mol. The van der Waals surface area contributed by atoms with Crippen molar-refractivity contribution in [3.63, 3.8) is 0 Å². The normalized spacial score (nSPS) is 11.3. The maximum atomic E-state index is 12.3. The number of carbonyl (C=O) groups is 1. The van der Waals surface area contributed by atoms with Crippen LogP contribution in [-0.2, 0) is 10.2 Å². The van der Waals surface area contributed by atoms with E-state index >= 15 is 0 Å². The lowest BCUT2D eigenvalue weighted by molar-refractivity contribution is -0.118. The fourth-order valence-electron chi connectivity index (χ4n) is 2.60. The summed E-state index contributed by atoms with van der Waals surface area (Å²) < 4.78 is 5.75. The molecule has 140 valence electrons. The number of carbonyl (C=O) groups excluding carboxylic acids is 1. The van der Waals surface area contributed by atoms with Gasteiger partial charge in [-0.2, -0.15) is 0 Å². The molecule has 0 saturated heterocycles. The minimum Gasteiger partial charge on any atom is -0.483 e. The van der Waals surface area contributed by atoms with Crippen molar-refractivity contribution in [2.24, 2.45) is 0 Å². The van der Waals surface area contributed by atoms with E-state index in [0.29, 0.717) is 10.2 Å². The standard InChI is InChI=1S/C21H21ClN2O2S/c1-21(2,3)16-6-4-5-7-18(16)26-12-19(25)24-20-23-17(13-27-20)14-8-10-15(22)11-9-14/h4-11,13H,12H2,1-3H3,(H,23,24,25). The number of hydrogen-bond acceptors (Lipinski definition) is 4. The second-order valence-electron chi connectivity index (χ2n) is 7.13. The zero-order valence-electron chi connectivity index (χ0n) is 15.5. The highest BCUT2D eigenvalue weighted by Crippen LogP contribution is 2.31. The summed E-state index contributed by atoms with van der Waals surface area (Å²) in [6.07, 6.45) is 0. The van der Waals surface area contributed by atoms with Crippen molar-refractivity contribution in [2.45, 2.75) is 26.2 Å². The van der Waals surface area contributed by atoms with Crippen LogP contribution in [-0.4, -0.2) is 17.5 Å². The topological polar surface area (TPSA) is 51.2 Å². The van der Waals surface area contributed by atoms with Gasteiger partial charge in [-0.1, -0.05) is 62.7 Å². The number of benzene rings is 2. The number of nitrogens with zero attached hydrogens (tertiary/aromatic N) is 1. The van der Waals surface area contributed by atoms with Crippen LogP contribution in [0, 0.1) is 0 Å². The monoisotopic (exact) mass is 400 g/mol. The van der Waals surface area contributed by atoms with Gasteiger partial charge < -0.3 is 4.74 Å². The van der Waals surface area contributed by atoms with Crippen molar-refractivity contribution in [2.75, 3.05) is 11.9 Å². The molecule has 6 heteroatoms. The van der Waals surface area contributed by atoms with Crippen molar-refractivity contribution < 1.29 is 9.53 Å². The first-order chi connectivity index (χ1) is 12.8. The third-order valence-corrected chi connectivity index (χ3v) is 4.95. The quantitative estimate of drug-likeness (QED) is 0.590. The van der Waals surface area contributed by atoms with E-state index in [1.54, 1.807) is 0 Å². The molecule has 0 saturated carbocycles. The van der Waals surface area contributed by atoms with Crippen LogP contribution in [0.3, 0.4) is 0 Å². The molecule has 1 N–H and O–H groups in total. The number of thiazole rings is 1. The Labute approximate surface area is 168 Å². The van der Waals surface area contributed by atoms with Crippen LogP contribution in [0.1, 0.15) is 26.3 Å². The fraction of sp³-hybridized carbons (Fsp3) is 0.238. The number of nitrogens with one attached hydrogen (secondary N) is 1. The summed E-state index contributed by atoms with van der Waals surface area (Å²) >= 11 is 7.28. The van der Waals surface area contributed by atoms with E-state index in [-0.39, 0.29) is 17.9 Å². The van der Waals surface area contributed by atoms with Gasteiger partial charge in [0.1, 0.15) is 5.75 Å². The molecule has 0 radical (unpaired) electrons. The number of anilines is 1. The molecule has 2 aromatic carbocycles. The Balaban J connectivity index is 1.62. The van der Waals surface area contributed by atoms with Crippen LogP contribution in [0.4, 0.5) is 5.13 Å². The van der Waals surface area contributed by atoms with Crippen LogP contribution < -0.4 is 10.1 Å². The lowest BCUT2D eigenvalue weighted by Gasteiger charge is -2.22. The molecule has 0 aliphatic heterocycles. The highest BCUT2D eigenvalue weighted by atomic mass is 35.5. The summed E-state index contributed by atoms with van der Waals surface area (Å²) in [5.41, 5.74) is 2.75. The van der Waals surface area contributed by atoms with Crippen LogP contribution in [0.25, 0.3) is 11.3 Å². The summed E-state index contributed by atoms with van der Waals surface area (Å²) in [5.74, 6) is 0.483. The predicted molar refractivity (Wildman–Crippen MR) is 112 cm³/mol. The van der Waals surface area contributed by atoms with Crippen molar-refractivity contribution in [1.29, 1.82) is 0 Å². The first-order valence-corrected chi connectivity index (χ1v) is 9.82. The molecule has 3 rings (SSSR count). The molecule has 1 heterocycles. The van der Waals surface area contributed by atoms with Gasteiger partial charge in [-0.15, -0.1) is 11.3 Å². The van der Waals surface area contributed by atoms with Crippen LogP contribution in [0.5, 0.6) is 5.75 Å². The molecule has 27 heavy (non-hydrogen) atoms. The maximum absolute atomic E-state index is 12.3. The molecule has 0 spiro atoms. The zero-order chi connectivity index (χ0) is 19.4. The molecular formula is C21H21ClN2O2S. The van der Waals surface area contributed by atoms with Gasteiger partial charge in [-0.3, -0.25) is 10.1 Å². The predicted octanol–water partition coefficient (Wildman–Crippen LogP) is 5.78. The van der Waals surface area contributed by atoms with Gasteiger partial charge in [0.15, 0.2) is 11.7 Å². The SMILES string of the molecule is CC(C)(C)c1ccccc1OCC(=O)Nc1nc(-c2ccc(Cl)cc2)cs1. The van der Waals surface area contributed by atoms with Gasteiger partial charge >= 0.3 is 0 Å². The summed E-state index contributed by atoms with van der Waals surface area (Å²) in [7, 11) is 0. The lowest BCUT2D eigenvalue weighted by atomic mass is 9.86. The summed E-state index contributed by atoms with van der Waals surface area (Å²) in [5, 5.41) is 5.90. The minimum atomic E-state index is -0.240. The lowest BCUT2D eigenvalue weighted by Crippen LogP contribution is -2.21. The number of ether oxygens (including phenoxy) is 1. The smallest absolute Gasteiger partial charge is 0.264 e. The molecule has 0 aliphatic carbocycles. The van der Waals surface area contributed by atoms with Gasteiger partial charge in [-0.25, -0.2) is 4.98 Å². The first kappa shape index (κ1) is 19.4. The number of para-hydroxylation sites is 1. The second-order valence-corrected chi connectivity index (χ2v) is 8.42. The van der Waals surface area contributed by atoms with E-state index in [4.69, 9.17) is 16.3 Å². The third kappa shape index (κ3) is 5.08. The van der Waals surface area contributed by atoms with E-state index in [1.807, 2.05) is 53.9 Å². The number of halogens is 1. The van der Waals surface area contributed by atoms with Crippen LogP contribution >= 0.6 is 22.9 Å². The molecule has 0 atom stereocenters. The number of rotatable bonds is 5. The Morgan fingerprint density at radius 3 is 2.56 bits per heavy atom. The maximum Gasteiger partial charge on any atom is 0.264 e. The summed E-state index contributed by atoms with van der Waals surface area (Å²) in [6.45, 7) is 6.28. The number of aromatic nitrogens is 1. The molecule has 1 amide bonds. The molecule has 1 aromatic heterocycles. The summed E-state index contributed by atoms with van der Waals surface area (Å²) in [4.78, 5) is 16.7. The molecule has 4 nitrogen and oxygen atoms in total. The van der Waals surface area contributed by atoms with E-state index in [1.165, 1.54) is 11.3 Å². The first-order valence-electron chi connectivity index (χ1n) is 8.56. The molecule has 0 fully saturated rings. The van der Waals surface area contributed by atoms with Crippen molar-refractivity contribution >= 4 is 34.0 Å². The third-order valence-electron chi connectivity index (χ3n) is 3.94. The highest BCUT2D eigenvalue weighted by Gasteiger charge is 2.19. The van der Waals surface area contributed by atoms with E-state index < -0.39 is 0 Å². The highest BCUT2D eigenvalue weighted by molar-refractivity contribution is 7.14. The minimum absolute atomic E-state index is 0.0597. The van der Waals surface area contributed by atoms with Crippen LogP contribution in [0.15, 0.2) is 53.9 Å². The Kier molecular flexibility index (Phi) is 5.82. The van der Waals surface area contributed by atoms with E-state index in [2.05, 4.69) is 31.1 Å². The Morgan fingerprint density at radius 1 is 1.15 bits per heavy atom. The average molecular weight is 401 g/mol. The number of amides is 1. The van der Waals surface area contributed by atoms with E-state index in [9.17, 15) is 4.79 Å². The fourth-order valence-corrected chi connectivity index (χ4v) is 3.46. The van der Waals surface area contributed by atoms with Gasteiger partial charge in [0.2, 0.25) is 0 Å². The average Bonchev–Trinajstić information content (AvgIpc) is 3.08. The van der Waals surface area contributed by atoms with Crippen molar-refractivity contribution in [3.05, 3.63) is 64.5 Å². The van der Waals surface area contributed by atoms with Gasteiger partial charge in [0.05, 0.1) is 5.69 Å². The number of hydrogen-bond donors (Lipinski definition) is 1.